The summed E-state index contributed by atoms with van der Waals surface area (Å²) in [5.41, 5.74) is 1.25. The molecule has 0 saturated heterocycles. The molecule has 2 aromatic rings. The van der Waals surface area contributed by atoms with Gasteiger partial charge >= 0.3 is 0 Å². The largest absolute Gasteiger partial charge is 0.384 e. The maximum atomic E-state index is 13.8. The predicted molar refractivity (Wildman–Crippen MR) is 66.6 cm³/mol. The molecule has 0 fully saturated rings. The molecule has 0 aliphatic carbocycles. The molecule has 0 aliphatic rings. The van der Waals surface area contributed by atoms with Crippen LogP contribution in [0.2, 0.25) is 0 Å². The first-order chi connectivity index (χ1) is 9.11. The molecular weight excluding hydrogens is 252 g/mol. The molecule has 19 heavy (non-hydrogen) atoms. The molecule has 0 aliphatic heterocycles. The second kappa shape index (κ2) is 5.93. The van der Waals surface area contributed by atoms with Gasteiger partial charge in [-0.05, 0) is 24.0 Å². The van der Waals surface area contributed by atoms with Gasteiger partial charge in [0, 0.05) is 30.9 Å². The predicted octanol–water partition coefficient (Wildman–Crippen LogP) is 3.44. The Morgan fingerprint density at radius 2 is 2.11 bits per heavy atom. The molecular formula is C14H15F2NO2. The maximum absolute atomic E-state index is 13.8. The molecule has 5 heteroatoms. The van der Waals surface area contributed by atoms with Crippen LogP contribution in [0, 0.1) is 17.6 Å². The molecule has 1 unspecified atom stereocenters. The van der Waals surface area contributed by atoms with Gasteiger partial charge in [-0.2, -0.15) is 0 Å². The lowest BCUT2D eigenvalue weighted by atomic mass is 9.97. The van der Waals surface area contributed by atoms with Crippen LogP contribution in [-0.4, -0.2) is 18.9 Å². The number of halogens is 2. The molecule has 0 amide bonds. The van der Waals surface area contributed by atoms with Crippen molar-refractivity contribution >= 4 is 0 Å². The van der Waals surface area contributed by atoms with E-state index in [0.717, 1.165) is 6.07 Å². The van der Waals surface area contributed by atoms with Crippen LogP contribution in [0.15, 0.2) is 29.1 Å². The average Bonchev–Trinajstić information content (AvgIpc) is 2.86. The summed E-state index contributed by atoms with van der Waals surface area (Å²) in [4.78, 5) is 0. The van der Waals surface area contributed by atoms with Crippen molar-refractivity contribution in [3.63, 3.8) is 0 Å². The van der Waals surface area contributed by atoms with E-state index in [1.807, 2.05) is 6.92 Å². The second-order valence-corrected chi connectivity index (χ2v) is 4.60. The summed E-state index contributed by atoms with van der Waals surface area (Å²) in [7, 11) is 1.60. The van der Waals surface area contributed by atoms with Crippen LogP contribution in [0.1, 0.15) is 12.5 Å². The first-order valence-corrected chi connectivity index (χ1v) is 5.98. The first kappa shape index (κ1) is 13.7. The summed E-state index contributed by atoms with van der Waals surface area (Å²) < 4.78 is 37.2. The standard InChI is InChI=1S/C14H15F2NO2/c1-9(7-18-2)3-10-4-12(11-6-17-19-8-11)14(16)5-13(10)15/h4-6,8-9H,3,7H2,1-2H3. The normalized spacial score (nSPS) is 12.6. The molecule has 0 bridgehead atoms. The van der Waals surface area contributed by atoms with Gasteiger partial charge in [0.05, 0.1) is 6.20 Å². The third-order valence-corrected chi connectivity index (χ3v) is 2.90. The third kappa shape index (κ3) is 3.17. The quantitative estimate of drug-likeness (QED) is 0.832. The molecule has 0 saturated carbocycles. The summed E-state index contributed by atoms with van der Waals surface area (Å²) in [5, 5.41) is 3.53. The lowest BCUT2D eigenvalue weighted by Crippen LogP contribution is -2.08. The van der Waals surface area contributed by atoms with Crippen molar-refractivity contribution < 1.29 is 18.0 Å². The van der Waals surface area contributed by atoms with Gasteiger partial charge in [0.25, 0.3) is 0 Å². The summed E-state index contributed by atoms with van der Waals surface area (Å²) >= 11 is 0. The van der Waals surface area contributed by atoms with Crippen LogP contribution in [0.3, 0.4) is 0 Å². The summed E-state index contributed by atoms with van der Waals surface area (Å²) in [5.74, 6) is -1.01. The smallest absolute Gasteiger partial charge is 0.134 e. The number of hydrogen-bond acceptors (Lipinski definition) is 3. The third-order valence-electron chi connectivity index (χ3n) is 2.90. The number of benzene rings is 1. The van der Waals surface area contributed by atoms with E-state index in [0.29, 0.717) is 29.7 Å². The van der Waals surface area contributed by atoms with E-state index < -0.39 is 11.6 Å². The van der Waals surface area contributed by atoms with Gasteiger partial charge in [0.15, 0.2) is 0 Å². The molecule has 102 valence electrons. The highest BCUT2D eigenvalue weighted by molar-refractivity contribution is 5.63. The number of aromatic nitrogens is 1. The van der Waals surface area contributed by atoms with E-state index >= 15 is 0 Å². The van der Waals surface area contributed by atoms with Crippen molar-refractivity contribution in [2.24, 2.45) is 5.92 Å². The number of methoxy groups -OCH3 is 1. The van der Waals surface area contributed by atoms with E-state index in [-0.39, 0.29) is 5.92 Å². The molecule has 1 atom stereocenters. The highest BCUT2D eigenvalue weighted by atomic mass is 19.1. The highest BCUT2D eigenvalue weighted by Gasteiger charge is 2.15. The Morgan fingerprint density at radius 3 is 2.74 bits per heavy atom. The van der Waals surface area contributed by atoms with E-state index in [1.165, 1.54) is 18.5 Å². The lowest BCUT2D eigenvalue weighted by Gasteiger charge is -2.12. The van der Waals surface area contributed by atoms with Crippen molar-refractivity contribution in [1.82, 2.24) is 5.16 Å². The Labute approximate surface area is 110 Å². The molecule has 0 spiro atoms. The van der Waals surface area contributed by atoms with E-state index in [4.69, 9.17) is 4.74 Å². The van der Waals surface area contributed by atoms with Gasteiger partial charge in [0.2, 0.25) is 0 Å². The Bertz CT molecular complexity index is 541. The van der Waals surface area contributed by atoms with Crippen LogP contribution in [0.4, 0.5) is 8.78 Å². The molecule has 1 aromatic carbocycles. The minimum atomic E-state index is -0.621. The minimum absolute atomic E-state index is 0.153. The van der Waals surface area contributed by atoms with Gasteiger partial charge < -0.3 is 9.26 Å². The molecule has 0 radical (unpaired) electrons. The summed E-state index contributed by atoms with van der Waals surface area (Å²) in [6.45, 7) is 2.48. The van der Waals surface area contributed by atoms with Gasteiger partial charge in [-0.1, -0.05) is 12.1 Å². The van der Waals surface area contributed by atoms with E-state index in [1.54, 1.807) is 7.11 Å². The van der Waals surface area contributed by atoms with E-state index in [2.05, 4.69) is 9.68 Å². The number of ether oxygens (including phenoxy) is 1. The number of rotatable bonds is 5. The van der Waals surface area contributed by atoms with Crippen LogP contribution >= 0.6 is 0 Å². The summed E-state index contributed by atoms with van der Waals surface area (Å²) in [6, 6.07) is 2.40. The Hall–Kier alpha value is -1.75. The fourth-order valence-electron chi connectivity index (χ4n) is 2.03. The van der Waals surface area contributed by atoms with Crippen molar-refractivity contribution in [2.75, 3.05) is 13.7 Å². The fraction of sp³-hybridized carbons (Fsp3) is 0.357. The zero-order valence-electron chi connectivity index (χ0n) is 10.8. The van der Waals surface area contributed by atoms with Gasteiger partial charge in [-0.3, -0.25) is 0 Å². The number of nitrogens with zero attached hydrogens (tertiary/aromatic N) is 1. The minimum Gasteiger partial charge on any atom is -0.384 e. The highest BCUT2D eigenvalue weighted by Crippen LogP contribution is 2.26. The van der Waals surface area contributed by atoms with Crippen LogP contribution in [0.25, 0.3) is 11.1 Å². The monoisotopic (exact) mass is 267 g/mol. The molecule has 3 nitrogen and oxygen atoms in total. The van der Waals surface area contributed by atoms with E-state index in [9.17, 15) is 8.78 Å². The maximum Gasteiger partial charge on any atom is 0.134 e. The molecule has 0 N–H and O–H groups in total. The SMILES string of the molecule is COCC(C)Cc1cc(-c2cnoc2)c(F)cc1F. The second-order valence-electron chi connectivity index (χ2n) is 4.60. The van der Waals surface area contributed by atoms with Crippen LogP contribution in [0.5, 0.6) is 0 Å². The molecule has 1 aromatic heterocycles. The molecule has 2 rings (SSSR count). The summed E-state index contributed by atoms with van der Waals surface area (Å²) in [6.07, 6.45) is 3.22. The van der Waals surface area contributed by atoms with Gasteiger partial charge in [-0.15, -0.1) is 0 Å². The Morgan fingerprint density at radius 1 is 1.32 bits per heavy atom. The van der Waals surface area contributed by atoms with Crippen molar-refractivity contribution in [1.29, 1.82) is 0 Å². The first-order valence-electron chi connectivity index (χ1n) is 5.98. The Balaban J connectivity index is 2.32. The van der Waals surface area contributed by atoms with Crippen LogP contribution in [-0.2, 0) is 11.2 Å². The number of hydrogen-bond donors (Lipinski definition) is 0. The van der Waals surface area contributed by atoms with Crippen molar-refractivity contribution in [2.45, 2.75) is 13.3 Å². The topological polar surface area (TPSA) is 35.3 Å². The average molecular weight is 267 g/mol. The van der Waals surface area contributed by atoms with Crippen molar-refractivity contribution in [3.05, 3.63) is 41.8 Å². The van der Waals surface area contributed by atoms with Crippen LogP contribution < -0.4 is 0 Å². The van der Waals surface area contributed by atoms with Gasteiger partial charge in [0.1, 0.15) is 17.9 Å². The van der Waals surface area contributed by atoms with Crippen molar-refractivity contribution in [3.8, 4) is 11.1 Å². The van der Waals surface area contributed by atoms with Gasteiger partial charge in [-0.25, -0.2) is 8.78 Å². The fourth-order valence-corrected chi connectivity index (χ4v) is 2.03. The zero-order valence-corrected chi connectivity index (χ0v) is 10.8. The lowest BCUT2D eigenvalue weighted by molar-refractivity contribution is 0.159. The zero-order chi connectivity index (χ0) is 13.8. The Kier molecular flexibility index (Phi) is 4.27. The molecule has 1 heterocycles.